The van der Waals surface area contributed by atoms with E-state index in [-0.39, 0.29) is 6.10 Å². The lowest BCUT2D eigenvalue weighted by Gasteiger charge is -2.18. The number of rotatable bonds is 6. The summed E-state index contributed by atoms with van der Waals surface area (Å²) in [6, 6.07) is 8.51. The summed E-state index contributed by atoms with van der Waals surface area (Å²) in [6.45, 7) is 7.19. The molecule has 1 N–H and O–H groups in total. The van der Waals surface area contributed by atoms with Crippen LogP contribution in [0.5, 0.6) is 5.75 Å². The molecule has 118 valence electrons. The second-order valence-corrected chi connectivity index (χ2v) is 7.26. The molecule has 0 unspecified atom stereocenters. The van der Waals surface area contributed by atoms with Crippen LogP contribution in [0.3, 0.4) is 0 Å². The Labute approximate surface area is 136 Å². The quantitative estimate of drug-likeness (QED) is 0.872. The van der Waals surface area contributed by atoms with Gasteiger partial charge >= 0.3 is 0 Å². The van der Waals surface area contributed by atoms with E-state index in [1.165, 1.54) is 34.0 Å². The summed E-state index contributed by atoms with van der Waals surface area (Å²) in [7, 11) is 0. The van der Waals surface area contributed by atoms with Gasteiger partial charge in [-0.2, -0.15) is 0 Å². The number of hydrogen-bond acceptors (Lipinski definition) is 4. The summed E-state index contributed by atoms with van der Waals surface area (Å²) in [5.41, 5.74) is 2.58. The Balaban J connectivity index is 1.49. The zero-order valence-electron chi connectivity index (χ0n) is 13.6. The van der Waals surface area contributed by atoms with Gasteiger partial charge in [0.25, 0.3) is 0 Å². The van der Waals surface area contributed by atoms with Crippen molar-refractivity contribution in [2.75, 3.05) is 6.54 Å². The molecule has 3 nitrogen and oxygen atoms in total. The molecule has 1 aromatic heterocycles. The van der Waals surface area contributed by atoms with Crippen LogP contribution < -0.4 is 10.1 Å². The summed E-state index contributed by atoms with van der Waals surface area (Å²) in [5.74, 6) is 0.931. The van der Waals surface area contributed by atoms with Crippen LogP contribution in [0.15, 0.2) is 24.3 Å². The number of ether oxygens (including phenoxy) is 1. The van der Waals surface area contributed by atoms with Crippen LogP contribution in [0, 0.1) is 6.92 Å². The van der Waals surface area contributed by atoms with E-state index >= 15 is 0 Å². The average molecular weight is 316 g/mol. The molecule has 4 heteroatoms. The van der Waals surface area contributed by atoms with Gasteiger partial charge < -0.3 is 10.1 Å². The van der Waals surface area contributed by atoms with Gasteiger partial charge in [-0.25, -0.2) is 4.98 Å². The van der Waals surface area contributed by atoms with E-state index in [0.29, 0.717) is 6.04 Å². The molecule has 22 heavy (non-hydrogen) atoms. The van der Waals surface area contributed by atoms with Gasteiger partial charge in [-0.05, 0) is 52.2 Å². The molecule has 0 spiro atoms. The predicted molar refractivity (Wildman–Crippen MR) is 91.8 cm³/mol. The molecule has 0 fully saturated rings. The largest absolute Gasteiger partial charge is 0.489 e. The predicted octanol–water partition coefficient (Wildman–Crippen LogP) is 4.06. The van der Waals surface area contributed by atoms with Crippen molar-refractivity contribution in [2.45, 2.75) is 52.2 Å². The lowest BCUT2D eigenvalue weighted by atomic mass is 10.2. The Morgan fingerprint density at radius 1 is 1.23 bits per heavy atom. The van der Waals surface area contributed by atoms with E-state index in [4.69, 9.17) is 9.72 Å². The van der Waals surface area contributed by atoms with E-state index in [1.807, 2.05) is 23.5 Å². The lowest BCUT2D eigenvalue weighted by molar-refractivity contribution is 0.212. The molecule has 0 radical (unpaired) electrons. The van der Waals surface area contributed by atoms with Crippen molar-refractivity contribution < 1.29 is 4.74 Å². The first kappa shape index (κ1) is 15.5. The minimum absolute atomic E-state index is 0.136. The molecule has 0 bridgehead atoms. The maximum Gasteiger partial charge on any atom is 0.119 e. The average Bonchev–Trinajstić information content (AvgIpc) is 3.08. The first-order valence-electron chi connectivity index (χ1n) is 8.07. The van der Waals surface area contributed by atoms with Gasteiger partial charge in [0.2, 0.25) is 0 Å². The molecular weight excluding hydrogens is 292 g/mol. The van der Waals surface area contributed by atoms with Gasteiger partial charge in [0.05, 0.1) is 11.7 Å². The first-order chi connectivity index (χ1) is 10.6. The van der Waals surface area contributed by atoms with Crippen molar-refractivity contribution in [3.8, 4) is 5.75 Å². The molecule has 0 saturated heterocycles. The summed E-state index contributed by atoms with van der Waals surface area (Å²) in [4.78, 5) is 6.27. The normalized spacial score (nSPS) is 16.3. The van der Waals surface area contributed by atoms with E-state index in [1.54, 1.807) is 0 Å². The molecule has 2 aromatic rings. The maximum atomic E-state index is 5.94. The number of hydrogen-bond donors (Lipinski definition) is 1. The van der Waals surface area contributed by atoms with Crippen molar-refractivity contribution in [1.82, 2.24) is 10.3 Å². The zero-order chi connectivity index (χ0) is 15.5. The molecule has 1 aliphatic carbocycles. The van der Waals surface area contributed by atoms with Crippen molar-refractivity contribution in [2.24, 2.45) is 0 Å². The Kier molecular flexibility index (Phi) is 4.79. The molecule has 2 atom stereocenters. The lowest BCUT2D eigenvalue weighted by Crippen LogP contribution is -2.30. The zero-order valence-corrected chi connectivity index (χ0v) is 14.4. The second-order valence-electron chi connectivity index (χ2n) is 6.15. The third-order valence-electron chi connectivity index (χ3n) is 4.05. The van der Waals surface area contributed by atoms with Gasteiger partial charge in [0.15, 0.2) is 0 Å². The highest BCUT2D eigenvalue weighted by Crippen LogP contribution is 2.30. The van der Waals surface area contributed by atoms with Crippen LogP contribution in [0.1, 0.15) is 47.5 Å². The number of fused-ring (bicyclic) bond motifs is 1. The van der Waals surface area contributed by atoms with Gasteiger partial charge in [0.1, 0.15) is 16.9 Å². The van der Waals surface area contributed by atoms with Crippen LogP contribution >= 0.6 is 11.3 Å². The highest BCUT2D eigenvalue weighted by atomic mass is 32.1. The van der Waals surface area contributed by atoms with Gasteiger partial charge in [-0.1, -0.05) is 17.7 Å². The summed E-state index contributed by atoms with van der Waals surface area (Å²) in [5, 5.41) is 4.76. The van der Waals surface area contributed by atoms with Gasteiger partial charge in [0, 0.05) is 11.4 Å². The van der Waals surface area contributed by atoms with E-state index in [0.717, 1.165) is 18.7 Å². The highest BCUT2D eigenvalue weighted by molar-refractivity contribution is 7.11. The fourth-order valence-corrected chi connectivity index (χ4v) is 3.90. The molecule has 0 amide bonds. The van der Waals surface area contributed by atoms with Crippen molar-refractivity contribution in [3.05, 3.63) is 45.4 Å². The minimum atomic E-state index is 0.136. The molecule has 1 aliphatic rings. The van der Waals surface area contributed by atoms with E-state index in [9.17, 15) is 0 Å². The van der Waals surface area contributed by atoms with E-state index < -0.39 is 0 Å². The first-order valence-corrected chi connectivity index (χ1v) is 8.88. The number of nitrogens with zero attached hydrogens (tertiary/aromatic N) is 1. The second kappa shape index (κ2) is 6.80. The molecule has 0 saturated carbocycles. The van der Waals surface area contributed by atoms with Crippen molar-refractivity contribution in [3.63, 3.8) is 0 Å². The minimum Gasteiger partial charge on any atom is -0.489 e. The standard InChI is InChI=1S/C18H24N2OS/c1-12-7-9-15(10-8-12)21-13(2)11-19-14(3)18-20-16-5-4-6-17(16)22-18/h7-10,13-14,19H,4-6,11H2,1-3H3/t13-,14+/m1/s1. The van der Waals surface area contributed by atoms with Crippen LogP contribution in [0.2, 0.25) is 0 Å². The monoisotopic (exact) mass is 316 g/mol. The SMILES string of the molecule is Cc1ccc(O[C@H](C)CN[C@@H](C)c2nc3c(s2)CCC3)cc1. The Morgan fingerprint density at radius 3 is 2.73 bits per heavy atom. The van der Waals surface area contributed by atoms with Crippen LogP contribution in [-0.2, 0) is 12.8 Å². The smallest absolute Gasteiger partial charge is 0.119 e. The van der Waals surface area contributed by atoms with Crippen LogP contribution in [-0.4, -0.2) is 17.6 Å². The molecular formula is C18H24N2OS. The topological polar surface area (TPSA) is 34.1 Å². The molecule has 3 rings (SSSR count). The van der Waals surface area contributed by atoms with Gasteiger partial charge in [-0.15, -0.1) is 11.3 Å². The Bertz CT molecular complexity index is 599. The summed E-state index contributed by atoms with van der Waals surface area (Å²) in [6.07, 6.45) is 3.78. The molecule has 0 aliphatic heterocycles. The van der Waals surface area contributed by atoms with Crippen molar-refractivity contribution in [1.29, 1.82) is 0 Å². The van der Waals surface area contributed by atoms with Crippen molar-refractivity contribution >= 4 is 11.3 Å². The summed E-state index contributed by atoms with van der Waals surface area (Å²) >= 11 is 1.87. The number of aromatic nitrogens is 1. The maximum absolute atomic E-state index is 5.94. The van der Waals surface area contributed by atoms with Crippen LogP contribution in [0.25, 0.3) is 0 Å². The van der Waals surface area contributed by atoms with Crippen LogP contribution in [0.4, 0.5) is 0 Å². The Hall–Kier alpha value is -1.39. The highest BCUT2D eigenvalue weighted by Gasteiger charge is 2.19. The number of benzene rings is 1. The third-order valence-corrected chi connectivity index (χ3v) is 5.39. The third kappa shape index (κ3) is 3.68. The fraction of sp³-hybridized carbons (Fsp3) is 0.500. The number of nitrogens with one attached hydrogen (secondary N) is 1. The fourth-order valence-electron chi connectivity index (χ4n) is 2.72. The molecule has 1 aromatic carbocycles. The van der Waals surface area contributed by atoms with E-state index in [2.05, 4.69) is 38.2 Å². The number of aryl methyl sites for hydroxylation is 3. The molecule has 1 heterocycles. The summed E-state index contributed by atoms with van der Waals surface area (Å²) < 4.78 is 5.94. The van der Waals surface area contributed by atoms with Gasteiger partial charge in [-0.3, -0.25) is 0 Å². The Morgan fingerprint density at radius 2 is 2.00 bits per heavy atom. The number of thiazole rings is 1.